The maximum atomic E-state index is 11.3. The maximum Gasteiger partial charge on any atom is 1.00 e. The molecule has 0 aromatic heterocycles. The zero-order valence-electron chi connectivity index (χ0n) is 17.5. The van der Waals surface area contributed by atoms with Gasteiger partial charge in [0.05, 0.1) is 0 Å². The molecule has 0 aromatic rings. The van der Waals surface area contributed by atoms with Crippen LogP contribution in [0.3, 0.4) is 0 Å². The van der Waals surface area contributed by atoms with Crippen molar-refractivity contribution in [1.82, 2.24) is 0 Å². The second kappa shape index (κ2) is 22.4. The molecule has 4 nitrogen and oxygen atoms in total. The van der Waals surface area contributed by atoms with Gasteiger partial charge in [0, 0.05) is 6.42 Å². The predicted molar refractivity (Wildman–Crippen MR) is 100 cm³/mol. The minimum atomic E-state index is -1.48. The summed E-state index contributed by atoms with van der Waals surface area (Å²) in [7, 11) is 0. The number of hydrogen-bond donors (Lipinski definition) is 0. The van der Waals surface area contributed by atoms with Gasteiger partial charge >= 0.3 is 74.9 Å². The molecule has 0 aliphatic heterocycles. The number of carbonyl (C=O) groups is 2. The van der Waals surface area contributed by atoms with Crippen LogP contribution in [-0.2, 0) is 14.3 Å². The van der Waals surface area contributed by atoms with Gasteiger partial charge in [0.15, 0.2) is 0 Å². The second-order valence-electron chi connectivity index (χ2n) is 7.14. The first kappa shape index (κ1) is 29.4. The number of ether oxygens (including phenoxy) is 1. The van der Waals surface area contributed by atoms with Crippen LogP contribution in [0.1, 0.15) is 117 Å². The van der Waals surface area contributed by atoms with E-state index in [1.165, 1.54) is 84.0 Å². The smallest absolute Gasteiger partial charge is 0.844 e. The van der Waals surface area contributed by atoms with E-state index in [0.717, 1.165) is 19.3 Å². The van der Waals surface area contributed by atoms with Gasteiger partial charge in [-0.15, -0.1) is 0 Å². The van der Waals surface area contributed by atoms with E-state index in [4.69, 9.17) is 0 Å². The molecule has 5 heteroatoms. The Bertz CT molecular complexity index is 332. The quantitative estimate of drug-likeness (QED) is 0.179. The topological polar surface area (TPSA) is 66.4 Å². The van der Waals surface area contributed by atoms with Crippen LogP contribution in [0.15, 0.2) is 0 Å². The summed E-state index contributed by atoms with van der Waals surface area (Å²) in [5.74, 6) is -1.53. The first-order valence-electron chi connectivity index (χ1n) is 10.5. The number of carbonyl (C=O) groups excluding carboxylic acids is 2. The molecule has 0 N–H and O–H groups in total. The largest absolute Gasteiger partial charge is 1.00 e. The van der Waals surface area contributed by atoms with Crippen LogP contribution in [0, 0.1) is 0 Å². The molecule has 0 radical (unpaired) electrons. The van der Waals surface area contributed by atoms with Gasteiger partial charge in [0.1, 0.15) is 0 Å². The van der Waals surface area contributed by atoms with Gasteiger partial charge in [-0.1, -0.05) is 104 Å². The van der Waals surface area contributed by atoms with Crippen LogP contribution < -0.4 is 74.0 Å². The summed E-state index contributed by atoms with van der Waals surface area (Å²) in [5, 5.41) is 10.7. The monoisotopic (exact) mass is 488 g/mol. The maximum absolute atomic E-state index is 11.3. The Morgan fingerprint density at radius 2 is 1.08 bits per heavy atom. The summed E-state index contributed by atoms with van der Waals surface area (Å²) in [5.41, 5.74) is 0. The van der Waals surface area contributed by atoms with Crippen LogP contribution in [0.4, 0.5) is 0 Å². The van der Waals surface area contributed by atoms with Crippen molar-refractivity contribution in [3.05, 3.63) is 0 Å². The summed E-state index contributed by atoms with van der Waals surface area (Å²) in [6.07, 6.45) is 17.8. The Labute approximate surface area is 220 Å². The van der Waals surface area contributed by atoms with E-state index >= 15 is 0 Å². The van der Waals surface area contributed by atoms with Crippen molar-refractivity contribution in [2.75, 3.05) is 0 Å². The van der Waals surface area contributed by atoms with Gasteiger partial charge in [-0.25, -0.2) is 0 Å². The minimum Gasteiger partial charge on any atom is -0.844 e. The van der Waals surface area contributed by atoms with Crippen molar-refractivity contribution in [3.8, 4) is 0 Å². The summed E-state index contributed by atoms with van der Waals surface area (Å²) < 4.78 is 4.44. The summed E-state index contributed by atoms with van der Waals surface area (Å²) in [4.78, 5) is 22.3. The molecule has 0 bridgehead atoms. The van der Waals surface area contributed by atoms with E-state index in [2.05, 4.69) is 11.7 Å². The number of hydrogen-bond acceptors (Lipinski definition) is 4. The number of rotatable bonds is 17. The van der Waals surface area contributed by atoms with Crippen LogP contribution in [0.2, 0.25) is 0 Å². The molecule has 0 amide bonds. The zero-order valence-corrected chi connectivity index (χ0v) is 23.8. The molecule has 0 saturated heterocycles. The molecular weight excluding hydrogens is 449 g/mol. The van der Waals surface area contributed by atoms with E-state index in [-0.39, 0.29) is 75.3 Å². The molecule has 1 atom stereocenters. The Morgan fingerprint density at radius 3 is 1.42 bits per heavy atom. The first-order chi connectivity index (χ1) is 12.1. The Kier molecular flexibility index (Phi) is 25.3. The number of esters is 2. The van der Waals surface area contributed by atoms with Crippen molar-refractivity contribution >= 4 is 11.9 Å². The van der Waals surface area contributed by atoms with Gasteiger partial charge in [-0.3, -0.25) is 9.59 Å². The first-order valence-corrected chi connectivity index (χ1v) is 10.5. The average Bonchev–Trinajstić information content (AvgIpc) is 2.58. The van der Waals surface area contributed by atoms with Crippen molar-refractivity contribution in [2.24, 2.45) is 0 Å². The summed E-state index contributed by atoms with van der Waals surface area (Å²) >= 11 is 0. The molecule has 0 spiro atoms. The van der Waals surface area contributed by atoms with Gasteiger partial charge in [-0.05, 0) is 12.5 Å². The van der Waals surface area contributed by atoms with Gasteiger partial charge < -0.3 is 9.84 Å². The van der Waals surface area contributed by atoms with Crippen LogP contribution >= 0.6 is 0 Å². The number of unbranched alkanes of at least 4 members (excludes halogenated alkanes) is 14. The molecule has 0 rings (SSSR count). The fraction of sp³-hybridized carbons (Fsp3) is 0.905. The molecule has 0 aliphatic carbocycles. The van der Waals surface area contributed by atoms with E-state index < -0.39 is 18.0 Å². The molecule has 0 fully saturated rings. The van der Waals surface area contributed by atoms with Crippen molar-refractivity contribution in [3.63, 3.8) is 0 Å². The standard InChI is InChI=1S/C21H39O4.Cs/c1-3-4-5-6-7-8-9-10-11-12-13-14-15-16-17-18-20(23)25-21(24)19(2)22;/h19H,3-18H2,1-2H3;/q-1;+1. The fourth-order valence-corrected chi connectivity index (χ4v) is 2.89. The fourth-order valence-electron chi connectivity index (χ4n) is 2.89. The molecule has 148 valence electrons. The van der Waals surface area contributed by atoms with Gasteiger partial charge in [0.25, 0.3) is 5.97 Å². The molecule has 0 heterocycles. The zero-order chi connectivity index (χ0) is 18.8. The van der Waals surface area contributed by atoms with Gasteiger partial charge in [0.2, 0.25) is 0 Å². The SMILES string of the molecule is CCCCCCCCCCCCCCCCCC(=O)OC(=O)C(C)[O-].[Cs+]. The Morgan fingerprint density at radius 1 is 0.731 bits per heavy atom. The molecular formula is C21H39CsO4. The van der Waals surface area contributed by atoms with Crippen LogP contribution in [0.25, 0.3) is 0 Å². The predicted octanol–water partition coefficient (Wildman–Crippen LogP) is 2.07. The third kappa shape index (κ3) is 21.5. The normalized spacial score (nSPS) is 11.7. The van der Waals surface area contributed by atoms with Crippen molar-refractivity contribution < 1.29 is 88.3 Å². The summed E-state index contributed by atoms with van der Waals surface area (Å²) in [6, 6.07) is 0. The van der Waals surface area contributed by atoms with E-state index in [1.807, 2.05) is 0 Å². The third-order valence-corrected chi connectivity index (χ3v) is 4.53. The second-order valence-corrected chi connectivity index (χ2v) is 7.14. The molecule has 0 aliphatic rings. The molecule has 0 saturated carbocycles. The molecule has 26 heavy (non-hydrogen) atoms. The van der Waals surface area contributed by atoms with Crippen LogP contribution in [0.5, 0.6) is 0 Å². The van der Waals surface area contributed by atoms with E-state index in [0.29, 0.717) is 0 Å². The summed E-state index contributed by atoms with van der Waals surface area (Å²) in [6.45, 7) is 3.44. The molecule has 0 aromatic carbocycles. The third-order valence-electron chi connectivity index (χ3n) is 4.53. The average molecular weight is 488 g/mol. The van der Waals surface area contributed by atoms with Crippen LogP contribution in [-0.4, -0.2) is 18.0 Å². The minimum absolute atomic E-state index is 0. The van der Waals surface area contributed by atoms with E-state index in [9.17, 15) is 14.7 Å². The van der Waals surface area contributed by atoms with Crippen molar-refractivity contribution in [1.29, 1.82) is 0 Å². The molecule has 1 unspecified atom stereocenters. The van der Waals surface area contributed by atoms with Crippen molar-refractivity contribution in [2.45, 2.75) is 123 Å². The van der Waals surface area contributed by atoms with E-state index in [1.54, 1.807) is 0 Å². The van der Waals surface area contributed by atoms with Gasteiger partial charge in [-0.2, -0.15) is 0 Å². The Hall–Kier alpha value is 1.15. The Balaban J connectivity index is 0.